The van der Waals surface area contributed by atoms with Crippen LogP contribution in [0.1, 0.15) is 26.8 Å². The van der Waals surface area contributed by atoms with E-state index in [4.69, 9.17) is 4.74 Å². The Balaban J connectivity index is 2.12. The molecule has 0 bridgehead atoms. The van der Waals surface area contributed by atoms with Crippen molar-refractivity contribution in [1.82, 2.24) is 14.8 Å². The van der Waals surface area contributed by atoms with Gasteiger partial charge in [0.05, 0.1) is 12.1 Å². The number of rotatable bonds is 2. The smallest absolute Gasteiger partial charge is 0.410 e. The first-order valence-electron chi connectivity index (χ1n) is 6.88. The molecule has 0 spiro atoms. The number of hydrogen-bond acceptors (Lipinski definition) is 3. The highest BCUT2D eigenvalue weighted by molar-refractivity contribution is 5.68. The summed E-state index contributed by atoms with van der Waals surface area (Å²) in [7, 11) is 1.63. The summed E-state index contributed by atoms with van der Waals surface area (Å²) in [5.74, 6) is -1.78. The maximum Gasteiger partial charge on any atom is 0.410 e. The van der Waals surface area contributed by atoms with Gasteiger partial charge in [0.1, 0.15) is 5.60 Å². The first-order valence-corrected chi connectivity index (χ1v) is 6.88. The minimum Gasteiger partial charge on any atom is -0.444 e. The van der Waals surface area contributed by atoms with Crippen molar-refractivity contribution in [2.75, 3.05) is 20.1 Å². The summed E-state index contributed by atoms with van der Waals surface area (Å²) < 4.78 is 33.2. The van der Waals surface area contributed by atoms with E-state index in [1.165, 1.54) is 9.47 Å². The number of aromatic nitrogens is 1. The Morgan fingerprint density at radius 1 is 1.33 bits per heavy atom. The summed E-state index contributed by atoms with van der Waals surface area (Å²) in [4.78, 5) is 13.6. The molecule has 1 aromatic heterocycles. The molecule has 21 heavy (non-hydrogen) atoms. The quantitative estimate of drug-likeness (QED) is 0.910. The molecule has 1 saturated heterocycles. The van der Waals surface area contributed by atoms with Crippen molar-refractivity contribution in [3.8, 4) is 0 Å². The predicted molar refractivity (Wildman–Crippen MR) is 74.0 cm³/mol. The summed E-state index contributed by atoms with van der Waals surface area (Å²) in [6.07, 6.45) is 1.78. The first-order chi connectivity index (χ1) is 9.69. The van der Waals surface area contributed by atoms with Crippen LogP contribution >= 0.6 is 0 Å². The van der Waals surface area contributed by atoms with Crippen molar-refractivity contribution in [2.24, 2.45) is 0 Å². The molecule has 0 saturated carbocycles. The number of halogens is 2. The summed E-state index contributed by atoms with van der Waals surface area (Å²) >= 11 is 0. The Labute approximate surface area is 122 Å². The third-order valence-electron chi connectivity index (χ3n) is 3.47. The van der Waals surface area contributed by atoms with Gasteiger partial charge >= 0.3 is 6.09 Å². The Morgan fingerprint density at radius 2 is 1.90 bits per heavy atom. The average molecular weight is 301 g/mol. The van der Waals surface area contributed by atoms with E-state index in [1.54, 1.807) is 27.8 Å². The van der Waals surface area contributed by atoms with Crippen LogP contribution in [0, 0.1) is 11.6 Å². The standard InChI is InChI=1S/C14H21F2N3O2/c1-14(2,3)21-13(20)18(4)11-5-17-6-12(11)19-7-9(15)10(16)8-19/h7-8,11-12,17H,5-6H2,1-4H3/t11-,12-/m1/s1. The number of carbonyl (C=O) groups excluding carboxylic acids is 1. The van der Waals surface area contributed by atoms with Gasteiger partial charge in [-0.2, -0.15) is 0 Å². The van der Waals surface area contributed by atoms with Crippen LogP contribution in [0.15, 0.2) is 12.4 Å². The van der Waals surface area contributed by atoms with Crippen molar-refractivity contribution in [3.63, 3.8) is 0 Å². The highest BCUT2D eigenvalue weighted by Crippen LogP contribution is 2.24. The van der Waals surface area contributed by atoms with Crippen molar-refractivity contribution >= 4 is 6.09 Å². The van der Waals surface area contributed by atoms with Gasteiger partial charge in [0.25, 0.3) is 0 Å². The minimum absolute atomic E-state index is 0.231. The second-order valence-electron chi connectivity index (χ2n) is 6.29. The zero-order chi connectivity index (χ0) is 15.8. The topological polar surface area (TPSA) is 46.5 Å². The third kappa shape index (κ3) is 3.53. The van der Waals surface area contributed by atoms with Crippen LogP contribution < -0.4 is 5.32 Å². The number of amides is 1. The van der Waals surface area contributed by atoms with Gasteiger partial charge in [0.15, 0.2) is 11.6 Å². The molecular formula is C14H21F2N3O2. The van der Waals surface area contributed by atoms with Gasteiger partial charge in [-0.25, -0.2) is 13.6 Å². The van der Waals surface area contributed by atoms with E-state index in [2.05, 4.69) is 5.32 Å². The molecule has 1 fully saturated rings. The molecule has 1 amide bonds. The highest BCUT2D eigenvalue weighted by Gasteiger charge is 2.36. The van der Waals surface area contributed by atoms with Crippen LogP contribution in [0.25, 0.3) is 0 Å². The molecule has 1 N–H and O–H groups in total. The van der Waals surface area contributed by atoms with E-state index in [9.17, 15) is 13.6 Å². The van der Waals surface area contributed by atoms with Crippen molar-refractivity contribution in [3.05, 3.63) is 24.0 Å². The maximum absolute atomic E-state index is 13.2. The number of nitrogens with one attached hydrogen (secondary N) is 1. The normalized spacial score (nSPS) is 22.4. The van der Waals surface area contributed by atoms with Crippen molar-refractivity contribution < 1.29 is 18.3 Å². The molecule has 2 heterocycles. The van der Waals surface area contributed by atoms with E-state index in [0.717, 1.165) is 12.4 Å². The van der Waals surface area contributed by atoms with Gasteiger partial charge in [-0.05, 0) is 20.8 Å². The fraction of sp³-hybridized carbons (Fsp3) is 0.643. The number of hydrogen-bond donors (Lipinski definition) is 1. The molecule has 1 aromatic rings. The Bertz CT molecular complexity index is 505. The summed E-state index contributed by atoms with van der Waals surface area (Å²) in [6.45, 7) is 6.45. The lowest BCUT2D eigenvalue weighted by Crippen LogP contribution is -2.44. The van der Waals surface area contributed by atoms with Gasteiger partial charge in [0.2, 0.25) is 0 Å². The van der Waals surface area contributed by atoms with Gasteiger partial charge < -0.3 is 19.5 Å². The number of nitrogens with zero attached hydrogens (tertiary/aromatic N) is 2. The molecule has 0 aromatic carbocycles. The number of ether oxygens (including phenoxy) is 1. The lowest BCUT2D eigenvalue weighted by molar-refractivity contribution is 0.0206. The lowest BCUT2D eigenvalue weighted by atomic mass is 10.1. The Morgan fingerprint density at radius 3 is 2.43 bits per heavy atom. The molecule has 2 rings (SSSR count). The molecule has 1 aliphatic rings. The van der Waals surface area contributed by atoms with Crippen LogP contribution in [0.4, 0.5) is 13.6 Å². The maximum atomic E-state index is 13.2. The van der Waals surface area contributed by atoms with Gasteiger partial charge in [0, 0.05) is 32.5 Å². The molecule has 0 aliphatic carbocycles. The van der Waals surface area contributed by atoms with Crippen LogP contribution in [-0.4, -0.2) is 47.3 Å². The number of carbonyl (C=O) groups is 1. The summed E-state index contributed by atoms with van der Waals surface area (Å²) in [6, 6.07) is -0.465. The second kappa shape index (κ2) is 5.63. The second-order valence-corrected chi connectivity index (χ2v) is 6.29. The van der Waals surface area contributed by atoms with Crippen LogP contribution in [0.2, 0.25) is 0 Å². The first kappa shape index (κ1) is 15.8. The Kier molecular flexibility index (Phi) is 4.22. The van der Waals surface area contributed by atoms with E-state index in [0.29, 0.717) is 13.1 Å². The molecule has 0 radical (unpaired) electrons. The summed E-state index contributed by atoms with van der Waals surface area (Å²) in [5.41, 5.74) is -0.585. The third-order valence-corrected chi connectivity index (χ3v) is 3.47. The molecular weight excluding hydrogens is 280 g/mol. The van der Waals surface area contributed by atoms with Gasteiger partial charge in [-0.3, -0.25) is 0 Å². The van der Waals surface area contributed by atoms with Crippen molar-refractivity contribution in [2.45, 2.75) is 38.5 Å². The molecule has 5 nitrogen and oxygen atoms in total. The fourth-order valence-corrected chi connectivity index (χ4v) is 2.43. The molecule has 2 atom stereocenters. The van der Waals surface area contributed by atoms with Crippen LogP contribution in [0.3, 0.4) is 0 Å². The fourth-order valence-electron chi connectivity index (χ4n) is 2.43. The van der Waals surface area contributed by atoms with Gasteiger partial charge in [-0.15, -0.1) is 0 Å². The van der Waals surface area contributed by atoms with E-state index >= 15 is 0 Å². The number of likely N-dealkylation sites (N-methyl/N-ethyl adjacent to an activating group) is 1. The monoisotopic (exact) mass is 301 g/mol. The minimum atomic E-state index is -0.888. The molecule has 1 aliphatic heterocycles. The predicted octanol–water partition coefficient (Wildman–Crippen LogP) is 2.15. The van der Waals surface area contributed by atoms with E-state index < -0.39 is 23.3 Å². The zero-order valence-corrected chi connectivity index (χ0v) is 12.7. The van der Waals surface area contributed by atoms with E-state index in [-0.39, 0.29) is 12.1 Å². The molecule has 7 heteroatoms. The molecule has 0 unspecified atom stereocenters. The van der Waals surface area contributed by atoms with Crippen molar-refractivity contribution in [1.29, 1.82) is 0 Å². The highest BCUT2D eigenvalue weighted by atomic mass is 19.2. The van der Waals surface area contributed by atoms with Gasteiger partial charge in [-0.1, -0.05) is 0 Å². The molecule has 118 valence electrons. The van der Waals surface area contributed by atoms with E-state index in [1.807, 2.05) is 0 Å². The Hall–Kier alpha value is -1.63. The lowest BCUT2D eigenvalue weighted by Gasteiger charge is -2.31. The van der Waals surface area contributed by atoms with Crippen LogP contribution in [-0.2, 0) is 4.74 Å². The SMILES string of the molecule is CN(C(=O)OC(C)(C)C)[C@@H]1CNC[C@H]1n1cc(F)c(F)c1. The zero-order valence-electron chi connectivity index (χ0n) is 12.7. The largest absolute Gasteiger partial charge is 0.444 e. The average Bonchev–Trinajstić information content (AvgIpc) is 2.94. The summed E-state index contributed by atoms with van der Waals surface area (Å²) in [5, 5.41) is 3.13. The van der Waals surface area contributed by atoms with Crippen LogP contribution in [0.5, 0.6) is 0 Å².